The van der Waals surface area contributed by atoms with Gasteiger partial charge in [0.15, 0.2) is 12.4 Å². The van der Waals surface area contributed by atoms with Gasteiger partial charge in [-0.1, -0.05) is 0 Å². The molecule has 60 valence electrons. The highest BCUT2D eigenvalue weighted by atomic mass is 35.5. The molecule has 0 aliphatic carbocycles. The van der Waals surface area contributed by atoms with E-state index in [1.807, 2.05) is 0 Å². The van der Waals surface area contributed by atoms with E-state index in [1.54, 1.807) is 0 Å². The van der Waals surface area contributed by atoms with Crippen molar-refractivity contribution >= 4 is 17.0 Å². The first kappa shape index (κ1) is 7.87. The minimum atomic E-state index is -0.964. The third-order valence-corrected chi connectivity index (χ3v) is 0.938. The Balaban J connectivity index is 2.51. The van der Waals surface area contributed by atoms with E-state index in [4.69, 9.17) is 11.6 Å². The number of carbonyl (C=O) groups is 1. The largest absolute Gasteiger partial charge is 0.518 e. The van der Waals surface area contributed by atoms with Crippen molar-refractivity contribution in [1.29, 1.82) is 0 Å². The molecular weight excluding hydrogens is 176 g/mol. The molecule has 0 spiro atoms. The minimum Gasteiger partial charge on any atom is -0.445 e. The molecule has 0 aromatic carbocycles. The first-order chi connectivity index (χ1) is 5.18. The average Bonchev–Trinajstić information content (AvgIpc) is 2.31. The number of hydrogen-bond acceptors (Lipinski definition) is 5. The second-order valence-electron chi connectivity index (χ2n) is 1.58. The van der Waals surface area contributed by atoms with Gasteiger partial charge in [-0.2, -0.15) is 0 Å². The van der Waals surface area contributed by atoms with Crippen LogP contribution in [-0.2, 0) is 11.3 Å². The molecule has 0 N–H and O–H groups in total. The van der Waals surface area contributed by atoms with Crippen LogP contribution in [0.4, 0.5) is 4.79 Å². The second-order valence-corrected chi connectivity index (χ2v) is 1.89. The summed E-state index contributed by atoms with van der Waals surface area (Å²) in [6.07, 6.45) is 1.04. The average molecular weight is 179 g/mol. The molecule has 0 radical (unpaired) electrons. The summed E-state index contributed by atoms with van der Waals surface area (Å²) in [5.41, 5.74) is -0.964. The Bertz CT molecular complexity index is 298. The number of ether oxygens (including phenoxy) is 1. The van der Waals surface area contributed by atoms with E-state index in [0.29, 0.717) is 0 Å². The minimum absolute atomic E-state index is 0.115. The van der Waals surface area contributed by atoms with Crippen molar-refractivity contribution in [2.75, 3.05) is 0 Å². The smallest absolute Gasteiger partial charge is 0.445 e. The Morgan fingerprint density at radius 1 is 1.73 bits per heavy atom. The Hall–Kier alpha value is -1.23. The molecule has 0 aliphatic heterocycles. The van der Waals surface area contributed by atoms with Crippen LogP contribution >= 0.6 is 11.6 Å². The van der Waals surface area contributed by atoms with E-state index in [9.17, 15) is 9.59 Å². The van der Waals surface area contributed by atoms with Gasteiger partial charge >= 0.3 is 11.3 Å². The van der Waals surface area contributed by atoms with Gasteiger partial charge in [0.2, 0.25) is 0 Å². The molecule has 0 saturated heterocycles. The number of rotatable bonds is 2. The van der Waals surface area contributed by atoms with Crippen LogP contribution in [0.2, 0.25) is 0 Å². The summed E-state index contributed by atoms with van der Waals surface area (Å²) in [6, 6.07) is 0. The van der Waals surface area contributed by atoms with Crippen LogP contribution < -0.4 is 5.82 Å². The Kier molecular flexibility index (Phi) is 2.32. The van der Waals surface area contributed by atoms with Gasteiger partial charge in [-0.15, -0.1) is 0 Å². The second kappa shape index (κ2) is 3.25. The lowest BCUT2D eigenvalue weighted by atomic mass is 10.6. The lowest BCUT2D eigenvalue weighted by molar-refractivity contribution is 0.156. The molecule has 1 rings (SSSR count). The van der Waals surface area contributed by atoms with Crippen molar-refractivity contribution < 1.29 is 18.4 Å². The van der Waals surface area contributed by atoms with Gasteiger partial charge in [-0.3, -0.25) is 0 Å². The van der Waals surface area contributed by atoms with E-state index in [0.717, 1.165) is 6.26 Å². The van der Waals surface area contributed by atoms with E-state index in [2.05, 4.69) is 13.6 Å². The molecule has 0 aliphatic rings. The predicted octanol–water partition coefficient (Wildman–Crippen LogP) is 1.11. The van der Waals surface area contributed by atoms with Crippen molar-refractivity contribution in [3.8, 4) is 0 Å². The quantitative estimate of drug-likeness (QED) is 0.635. The summed E-state index contributed by atoms with van der Waals surface area (Å²) in [7, 11) is 0. The molecule has 1 aromatic rings. The van der Waals surface area contributed by atoms with Crippen molar-refractivity contribution in [2.24, 2.45) is 0 Å². The molecule has 0 unspecified atom stereocenters. The fourth-order valence-electron chi connectivity index (χ4n) is 0.460. The molecular formula is C5H3ClO5. The van der Waals surface area contributed by atoms with Crippen LogP contribution in [0.25, 0.3) is 0 Å². The maximum atomic E-state index is 10.2. The fourth-order valence-corrected chi connectivity index (χ4v) is 0.515. The monoisotopic (exact) mass is 178 g/mol. The fraction of sp³-hybridized carbons (Fsp3) is 0.200. The van der Waals surface area contributed by atoms with Gasteiger partial charge in [0.25, 0.3) is 0 Å². The van der Waals surface area contributed by atoms with Gasteiger partial charge in [0, 0.05) is 11.6 Å². The van der Waals surface area contributed by atoms with E-state index < -0.39 is 11.3 Å². The van der Waals surface area contributed by atoms with Crippen LogP contribution in [0, 0.1) is 0 Å². The summed E-state index contributed by atoms with van der Waals surface area (Å²) >= 11 is 4.82. The Morgan fingerprint density at radius 3 is 2.91 bits per heavy atom. The Morgan fingerprint density at radius 2 is 2.45 bits per heavy atom. The van der Waals surface area contributed by atoms with Crippen LogP contribution in [0.1, 0.15) is 5.76 Å². The zero-order valence-corrected chi connectivity index (χ0v) is 5.96. The summed E-state index contributed by atoms with van der Waals surface area (Å²) in [6.45, 7) is -0.200. The molecule has 0 amide bonds. The molecule has 1 heterocycles. The van der Waals surface area contributed by atoms with Gasteiger partial charge in [-0.05, 0) is 0 Å². The highest BCUT2D eigenvalue weighted by Crippen LogP contribution is 1.99. The van der Waals surface area contributed by atoms with Gasteiger partial charge in [0.1, 0.15) is 6.26 Å². The normalized spacial score (nSPS) is 9.55. The van der Waals surface area contributed by atoms with Crippen molar-refractivity contribution in [3.63, 3.8) is 0 Å². The van der Waals surface area contributed by atoms with Crippen LogP contribution in [0.3, 0.4) is 0 Å². The number of halogens is 1. The number of carbonyl (C=O) groups excluding carboxylic acids is 1. The molecule has 0 saturated carbocycles. The molecule has 6 heteroatoms. The van der Waals surface area contributed by atoms with E-state index >= 15 is 0 Å². The van der Waals surface area contributed by atoms with Crippen molar-refractivity contribution in [1.82, 2.24) is 0 Å². The lowest BCUT2D eigenvalue weighted by Crippen LogP contribution is -1.94. The van der Waals surface area contributed by atoms with Crippen LogP contribution in [0.5, 0.6) is 0 Å². The zero-order chi connectivity index (χ0) is 8.27. The Labute approximate surface area is 65.5 Å². The topological polar surface area (TPSA) is 69.7 Å². The van der Waals surface area contributed by atoms with Gasteiger partial charge < -0.3 is 13.6 Å². The standard InChI is InChI=1S/C5H3ClO5/c6-4(7)9-1-3-2-10-5(8)11-3/h2H,1H2. The summed E-state index contributed by atoms with van der Waals surface area (Å²) < 4.78 is 12.9. The predicted molar refractivity (Wildman–Crippen MR) is 33.3 cm³/mol. The molecule has 5 nitrogen and oxygen atoms in total. The highest BCUT2D eigenvalue weighted by molar-refractivity contribution is 6.61. The van der Waals surface area contributed by atoms with E-state index in [-0.39, 0.29) is 12.4 Å². The number of hydrogen-bond donors (Lipinski definition) is 0. The van der Waals surface area contributed by atoms with Crippen LogP contribution in [-0.4, -0.2) is 5.43 Å². The third-order valence-electron chi connectivity index (χ3n) is 0.829. The molecule has 0 bridgehead atoms. The highest BCUT2D eigenvalue weighted by Gasteiger charge is 2.03. The van der Waals surface area contributed by atoms with E-state index in [1.165, 1.54) is 0 Å². The SMILES string of the molecule is O=C(Cl)OCc1coc(=O)o1. The van der Waals surface area contributed by atoms with Crippen molar-refractivity contribution in [2.45, 2.75) is 6.61 Å². The lowest BCUT2D eigenvalue weighted by Gasteiger charge is -1.91. The molecule has 0 fully saturated rings. The summed E-state index contributed by atoms with van der Waals surface area (Å²) in [4.78, 5) is 20.2. The maximum absolute atomic E-state index is 10.2. The van der Waals surface area contributed by atoms with Crippen LogP contribution in [0.15, 0.2) is 19.9 Å². The van der Waals surface area contributed by atoms with Gasteiger partial charge in [0.05, 0.1) is 0 Å². The van der Waals surface area contributed by atoms with Crippen molar-refractivity contribution in [3.05, 3.63) is 22.6 Å². The van der Waals surface area contributed by atoms with Gasteiger partial charge in [-0.25, -0.2) is 9.59 Å². The molecule has 11 heavy (non-hydrogen) atoms. The molecule has 0 atom stereocenters. The maximum Gasteiger partial charge on any atom is 0.518 e. The third kappa shape index (κ3) is 2.46. The first-order valence-electron chi connectivity index (χ1n) is 2.58. The first-order valence-corrected chi connectivity index (χ1v) is 2.96. The summed E-state index contributed by atoms with van der Waals surface area (Å²) in [5, 5.41) is 0. The zero-order valence-electron chi connectivity index (χ0n) is 5.20. The summed E-state index contributed by atoms with van der Waals surface area (Å²) in [5.74, 6) is -0.727. The molecule has 1 aromatic heterocycles.